The first-order chi connectivity index (χ1) is 11.0. The van der Waals surface area contributed by atoms with Crippen LogP contribution in [0.5, 0.6) is 5.75 Å². The van der Waals surface area contributed by atoms with Crippen LogP contribution >= 0.6 is 0 Å². The predicted octanol–water partition coefficient (Wildman–Crippen LogP) is 4.90. The Hall–Kier alpha value is -2.55. The van der Waals surface area contributed by atoms with Crippen molar-refractivity contribution in [2.24, 2.45) is 0 Å². The Balaban J connectivity index is 2.11. The largest absolute Gasteiger partial charge is 0.490 e. The second-order valence-electron chi connectivity index (χ2n) is 6.04. The van der Waals surface area contributed by atoms with Crippen molar-refractivity contribution in [2.45, 2.75) is 26.7 Å². The molecule has 0 bridgehead atoms. The Morgan fingerprint density at radius 3 is 2.26 bits per heavy atom. The first-order valence-corrected chi connectivity index (χ1v) is 7.73. The van der Waals surface area contributed by atoms with Crippen LogP contribution in [0.25, 0.3) is 22.1 Å². The van der Waals surface area contributed by atoms with E-state index in [1.54, 1.807) is 0 Å². The van der Waals surface area contributed by atoms with E-state index < -0.39 is 5.63 Å². The standard InChI is InChI=1S/C20H20O3/c1-12(2)14-5-7-15(8-6-14)16-9-10-17-13(3)19(22-4)20(21)23-18(17)11-16/h5-12H,1-4H3. The highest BCUT2D eigenvalue weighted by atomic mass is 16.5. The summed E-state index contributed by atoms with van der Waals surface area (Å²) in [6.07, 6.45) is 0. The lowest BCUT2D eigenvalue weighted by Crippen LogP contribution is -2.06. The van der Waals surface area contributed by atoms with E-state index in [2.05, 4.69) is 38.1 Å². The van der Waals surface area contributed by atoms with Gasteiger partial charge in [-0.2, -0.15) is 0 Å². The molecule has 3 heteroatoms. The maximum Gasteiger partial charge on any atom is 0.379 e. The molecule has 2 aromatic carbocycles. The van der Waals surface area contributed by atoms with Gasteiger partial charge < -0.3 is 9.15 Å². The number of hydrogen-bond donors (Lipinski definition) is 0. The van der Waals surface area contributed by atoms with Crippen LogP contribution in [0, 0.1) is 6.92 Å². The smallest absolute Gasteiger partial charge is 0.379 e. The summed E-state index contributed by atoms with van der Waals surface area (Å²) in [5.41, 5.74) is 4.39. The molecule has 0 aliphatic heterocycles. The zero-order chi connectivity index (χ0) is 16.6. The van der Waals surface area contributed by atoms with Crippen LogP contribution in [0.1, 0.15) is 30.9 Å². The number of ether oxygens (including phenoxy) is 1. The zero-order valence-corrected chi connectivity index (χ0v) is 13.8. The Bertz CT molecular complexity index is 903. The maximum atomic E-state index is 12.0. The van der Waals surface area contributed by atoms with Crippen LogP contribution < -0.4 is 10.4 Å². The summed E-state index contributed by atoms with van der Waals surface area (Å²) in [6, 6.07) is 14.4. The first kappa shape index (κ1) is 15.3. The third kappa shape index (κ3) is 2.74. The molecule has 0 atom stereocenters. The van der Waals surface area contributed by atoms with Gasteiger partial charge in [-0.3, -0.25) is 0 Å². The van der Waals surface area contributed by atoms with Crippen LogP contribution in [0.2, 0.25) is 0 Å². The van der Waals surface area contributed by atoms with Crippen molar-refractivity contribution in [3.63, 3.8) is 0 Å². The third-order valence-electron chi connectivity index (χ3n) is 4.23. The summed E-state index contributed by atoms with van der Waals surface area (Å²) in [4.78, 5) is 12.0. The topological polar surface area (TPSA) is 39.4 Å². The molecule has 3 nitrogen and oxygen atoms in total. The van der Waals surface area contributed by atoms with Gasteiger partial charge >= 0.3 is 5.63 Å². The predicted molar refractivity (Wildman–Crippen MR) is 93.3 cm³/mol. The van der Waals surface area contributed by atoms with E-state index in [0.29, 0.717) is 11.5 Å². The molecule has 0 saturated carbocycles. The lowest BCUT2D eigenvalue weighted by Gasteiger charge is -2.09. The minimum Gasteiger partial charge on any atom is -0.490 e. The average molecular weight is 308 g/mol. The Morgan fingerprint density at radius 2 is 1.65 bits per heavy atom. The van der Waals surface area contributed by atoms with E-state index >= 15 is 0 Å². The second-order valence-corrected chi connectivity index (χ2v) is 6.04. The summed E-state index contributed by atoms with van der Waals surface area (Å²) >= 11 is 0. The summed E-state index contributed by atoms with van der Waals surface area (Å²) < 4.78 is 10.5. The maximum absolute atomic E-state index is 12.0. The molecule has 0 aliphatic carbocycles. The third-order valence-corrected chi connectivity index (χ3v) is 4.23. The fourth-order valence-corrected chi connectivity index (χ4v) is 2.81. The number of hydrogen-bond acceptors (Lipinski definition) is 3. The van der Waals surface area contributed by atoms with Crippen LogP contribution in [-0.4, -0.2) is 7.11 Å². The van der Waals surface area contributed by atoms with Gasteiger partial charge in [0.1, 0.15) is 5.58 Å². The number of benzene rings is 2. The minimum absolute atomic E-state index is 0.270. The number of methoxy groups -OCH3 is 1. The van der Waals surface area contributed by atoms with Gasteiger partial charge in [0.2, 0.25) is 5.75 Å². The van der Waals surface area contributed by atoms with Crippen molar-refractivity contribution in [2.75, 3.05) is 7.11 Å². The van der Waals surface area contributed by atoms with Crippen molar-refractivity contribution in [1.29, 1.82) is 0 Å². The van der Waals surface area contributed by atoms with Gasteiger partial charge in [-0.15, -0.1) is 0 Å². The molecule has 0 fully saturated rings. The number of rotatable bonds is 3. The molecule has 0 spiro atoms. The van der Waals surface area contributed by atoms with Crippen molar-refractivity contribution < 1.29 is 9.15 Å². The monoisotopic (exact) mass is 308 g/mol. The Labute approximate surface area is 135 Å². The first-order valence-electron chi connectivity index (χ1n) is 7.73. The lowest BCUT2D eigenvalue weighted by molar-refractivity contribution is 0.382. The van der Waals surface area contributed by atoms with Crippen LogP contribution in [0.15, 0.2) is 51.7 Å². The summed E-state index contributed by atoms with van der Waals surface area (Å²) in [5.74, 6) is 0.778. The summed E-state index contributed by atoms with van der Waals surface area (Å²) in [7, 11) is 1.48. The van der Waals surface area contributed by atoms with E-state index in [1.165, 1.54) is 12.7 Å². The molecule has 118 valence electrons. The fraction of sp³-hybridized carbons (Fsp3) is 0.250. The van der Waals surface area contributed by atoms with Gasteiger partial charge in [0.25, 0.3) is 0 Å². The number of aryl methyl sites for hydroxylation is 1. The quantitative estimate of drug-likeness (QED) is 0.646. The van der Waals surface area contributed by atoms with Gasteiger partial charge in [0, 0.05) is 10.9 Å². The van der Waals surface area contributed by atoms with Crippen molar-refractivity contribution in [3.05, 3.63) is 64.0 Å². The molecule has 23 heavy (non-hydrogen) atoms. The van der Waals surface area contributed by atoms with Crippen LogP contribution in [0.4, 0.5) is 0 Å². The van der Waals surface area contributed by atoms with Gasteiger partial charge in [-0.1, -0.05) is 50.2 Å². The molecule has 1 aromatic heterocycles. The molecule has 0 unspecified atom stereocenters. The van der Waals surface area contributed by atoms with E-state index in [0.717, 1.165) is 22.1 Å². The summed E-state index contributed by atoms with van der Waals surface area (Å²) in [5, 5.41) is 0.893. The highest BCUT2D eigenvalue weighted by molar-refractivity contribution is 5.86. The highest BCUT2D eigenvalue weighted by Gasteiger charge is 2.12. The molecule has 0 saturated heterocycles. The summed E-state index contributed by atoms with van der Waals surface area (Å²) in [6.45, 7) is 6.22. The van der Waals surface area contributed by atoms with Crippen LogP contribution in [-0.2, 0) is 0 Å². The van der Waals surface area contributed by atoms with E-state index in [-0.39, 0.29) is 5.75 Å². The fourth-order valence-electron chi connectivity index (χ4n) is 2.81. The number of fused-ring (bicyclic) bond motifs is 1. The molecule has 0 radical (unpaired) electrons. The molecule has 3 rings (SSSR count). The zero-order valence-electron chi connectivity index (χ0n) is 13.8. The van der Waals surface area contributed by atoms with Gasteiger partial charge in [-0.05, 0) is 35.6 Å². The van der Waals surface area contributed by atoms with Gasteiger partial charge in [0.15, 0.2) is 0 Å². The van der Waals surface area contributed by atoms with E-state index in [9.17, 15) is 4.79 Å². The molecular weight excluding hydrogens is 288 g/mol. The second kappa shape index (κ2) is 5.92. The van der Waals surface area contributed by atoms with Gasteiger partial charge in [-0.25, -0.2) is 4.79 Å². The van der Waals surface area contributed by atoms with E-state index in [4.69, 9.17) is 9.15 Å². The molecule has 0 amide bonds. The van der Waals surface area contributed by atoms with Gasteiger partial charge in [0.05, 0.1) is 7.11 Å². The molecule has 3 aromatic rings. The van der Waals surface area contributed by atoms with Crippen molar-refractivity contribution in [3.8, 4) is 16.9 Å². The van der Waals surface area contributed by atoms with Crippen molar-refractivity contribution >= 4 is 11.0 Å². The lowest BCUT2D eigenvalue weighted by atomic mass is 9.98. The minimum atomic E-state index is -0.440. The molecule has 0 aliphatic rings. The normalized spacial score (nSPS) is 11.2. The molecular formula is C20H20O3. The Morgan fingerprint density at radius 1 is 1.00 bits per heavy atom. The SMILES string of the molecule is COc1c(C)c2ccc(-c3ccc(C(C)C)cc3)cc2oc1=O. The highest BCUT2D eigenvalue weighted by Crippen LogP contribution is 2.29. The molecule has 0 N–H and O–H groups in total. The Kier molecular flexibility index (Phi) is 3.95. The molecule has 1 heterocycles. The average Bonchev–Trinajstić information content (AvgIpc) is 2.54. The van der Waals surface area contributed by atoms with E-state index in [1.807, 2.05) is 25.1 Å². The van der Waals surface area contributed by atoms with Crippen LogP contribution in [0.3, 0.4) is 0 Å². The van der Waals surface area contributed by atoms with Crippen molar-refractivity contribution in [1.82, 2.24) is 0 Å².